The van der Waals surface area contributed by atoms with E-state index in [4.69, 9.17) is 11.6 Å². The van der Waals surface area contributed by atoms with Gasteiger partial charge in [-0.2, -0.15) is 0 Å². The molecular weight excluding hydrogens is 328 g/mol. The van der Waals surface area contributed by atoms with Crippen molar-refractivity contribution >= 4 is 40.6 Å². The van der Waals surface area contributed by atoms with Crippen LogP contribution in [0.5, 0.6) is 0 Å². The average Bonchev–Trinajstić information content (AvgIpc) is 2.82. The molecule has 0 spiro atoms. The molecule has 6 heteroatoms. The molecule has 2 aromatic rings. The van der Waals surface area contributed by atoms with Crippen molar-refractivity contribution in [3.8, 4) is 0 Å². The number of carbonyl (C=O) groups excluding carboxylic acids is 3. The van der Waals surface area contributed by atoms with Gasteiger partial charge in [0.1, 0.15) is 6.04 Å². The van der Waals surface area contributed by atoms with Crippen LogP contribution < -0.4 is 10.2 Å². The Morgan fingerprint density at radius 1 is 1.17 bits per heavy atom. The highest BCUT2D eigenvalue weighted by molar-refractivity contribution is 6.31. The predicted molar refractivity (Wildman–Crippen MR) is 92.4 cm³/mol. The van der Waals surface area contributed by atoms with Crippen LogP contribution in [-0.2, 0) is 9.59 Å². The lowest BCUT2D eigenvalue weighted by molar-refractivity contribution is -0.121. The maximum Gasteiger partial charge on any atom is 0.256 e. The van der Waals surface area contributed by atoms with E-state index in [9.17, 15) is 14.4 Å². The number of ketones is 1. The molecule has 1 aliphatic rings. The fourth-order valence-corrected chi connectivity index (χ4v) is 2.82. The number of benzene rings is 2. The van der Waals surface area contributed by atoms with Crippen LogP contribution >= 0.6 is 11.6 Å². The summed E-state index contributed by atoms with van der Waals surface area (Å²) in [6.07, 6.45) is 0.0693. The van der Waals surface area contributed by atoms with Gasteiger partial charge >= 0.3 is 0 Å². The number of nitrogens with zero attached hydrogens (tertiary/aromatic N) is 1. The third kappa shape index (κ3) is 3.16. The zero-order valence-electron chi connectivity index (χ0n) is 13.0. The van der Waals surface area contributed by atoms with Crippen LogP contribution in [-0.4, -0.2) is 23.6 Å². The van der Waals surface area contributed by atoms with Gasteiger partial charge in [0.15, 0.2) is 5.78 Å². The Kier molecular flexibility index (Phi) is 4.36. The van der Waals surface area contributed by atoms with Crippen molar-refractivity contribution in [2.24, 2.45) is 0 Å². The molecule has 2 aromatic carbocycles. The van der Waals surface area contributed by atoms with Crippen LogP contribution in [0, 0.1) is 0 Å². The Hall–Kier alpha value is -2.66. The number of halogens is 1. The second-order valence-corrected chi connectivity index (χ2v) is 6.02. The molecule has 2 amide bonds. The average molecular weight is 343 g/mol. The van der Waals surface area contributed by atoms with Crippen LogP contribution in [0.15, 0.2) is 48.5 Å². The molecule has 0 aliphatic carbocycles. The molecule has 5 nitrogen and oxygen atoms in total. The second kappa shape index (κ2) is 6.45. The minimum atomic E-state index is -0.639. The zero-order valence-corrected chi connectivity index (χ0v) is 13.7. The highest BCUT2D eigenvalue weighted by atomic mass is 35.5. The number of imide groups is 1. The molecule has 24 heavy (non-hydrogen) atoms. The Morgan fingerprint density at radius 3 is 2.50 bits per heavy atom. The minimum Gasteiger partial charge on any atom is -0.373 e. The first-order valence-corrected chi connectivity index (χ1v) is 7.83. The molecule has 1 fully saturated rings. The van der Waals surface area contributed by atoms with Crippen molar-refractivity contribution in [2.45, 2.75) is 19.4 Å². The van der Waals surface area contributed by atoms with E-state index in [-0.39, 0.29) is 24.0 Å². The van der Waals surface area contributed by atoms with Crippen molar-refractivity contribution in [2.75, 3.05) is 10.2 Å². The molecule has 0 radical (unpaired) electrons. The first kappa shape index (κ1) is 16.2. The summed E-state index contributed by atoms with van der Waals surface area (Å²) in [5, 5.41) is 3.51. The van der Waals surface area contributed by atoms with Gasteiger partial charge in [0.2, 0.25) is 5.91 Å². The molecule has 0 bridgehead atoms. The lowest BCUT2D eigenvalue weighted by Gasteiger charge is -2.16. The summed E-state index contributed by atoms with van der Waals surface area (Å²) in [5.74, 6) is -0.626. The summed E-state index contributed by atoms with van der Waals surface area (Å²) < 4.78 is 0. The van der Waals surface area contributed by atoms with Crippen molar-refractivity contribution in [3.05, 3.63) is 59.1 Å². The summed E-state index contributed by atoms with van der Waals surface area (Å²) in [7, 11) is 0. The summed E-state index contributed by atoms with van der Waals surface area (Å²) in [6.45, 7) is 1.49. The van der Waals surface area contributed by atoms with Gasteiger partial charge in [0.05, 0.1) is 12.1 Å². The number of nitrogens with one attached hydrogen (secondary N) is 1. The van der Waals surface area contributed by atoms with Gasteiger partial charge < -0.3 is 5.32 Å². The quantitative estimate of drug-likeness (QED) is 0.684. The zero-order chi connectivity index (χ0) is 17.3. The van der Waals surface area contributed by atoms with Crippen LogP contribution in [0.4, 0.5) is 11.4 Å². The molecule has 0 saturated carbocycles. The van der Waals surface area contributed by atoms with Crippen LogP contribution in [0.3, 0.4) is 0 Å². The normalized spacial score (nSPS) is 17.2. The van der Waals surface area contributed by atoms with E-state index < -0.39 is 6.04 Å². The highest BCUT2D eigenvalue weighted by Crippen LogP contribution is 2.27. The van der Waals surface area contributed by atoms with Gasteiger partial charge in [0.25, 0.3) is 5.91 Å². The first-order valence-electron chi connectivity index (χ1n) is 7.45. The molecule has 1 aliphatic heterocycles. The minimum absolute atomic E-state index is 0.0270. The van der Waals surface area contributed by atoms with Gasteiger partial charge in [-0.05, 0) is 49.4 Å². The highest BCUT2D eigenvalue weighted by Gasteiger charge is 2.39. The summed E-state index contributed by atoms with van der Waals surface area (Å²) in [6, 6.07) is 12.8. The number of Topliss-reactive ketones (excluding diaryl/α,β-unsaturated/α-hetero) is 1. The van der Waals surface area contributed by atoms with Crippen LogP contribution in [0.2, 0.25) is 5.02 Å². The molecule has 1 N–H and O–H groups in total. The van der Waals surface area contributed by atoms with Gasteiger partial charge in [-0.25, -0.2) is 4.90 Å². The molecule has 1 heterocycles. The molecular formula is C18H15ClN2O3. The first-order chi connectivity index (χ1) is 11.5. The van der Waals surface area contributed by atoms with Gasteiger partial charge in [-0.1, -0.05) is 17.7 Å². The van der Waals surface area contributed by atoms with E-state index in [1.807, 2.05) is 0 Å². The summed E-state index contributed by atoms with van der Waals surface area (Å²) in [4.78, 5) is 37.2. The van der Waals surface area contributed by atoms with Gasteiger partial charge in [-0.3, -0.25) is 14.4 Å². The lowest BCUT2D eigenvalue weighted by Crippen LogP contribution is -2.34. The van der Waals surface area contributed by atoms with Crippen molar-refractivity contribution < 1.29 is 14.4 Å². The number of carbonyl (C=O) groups is 3. The molecule has 1 saturated heterocycles. The van der Waals surface area contributed by atoms with E-state index in [0.717, 1.165) is 4.90 Å². The molecule has 0 aromatic heterocycles. The second-order valence-electron chi connectivity index (χ2n) is 5.58. The van der Waals surface area contributed by atoms with E-state index in [2.05, 4.69) is 5.32 Å². The third-order valence-electron chi connectivity index (χ3n) is 3.85. The Balaban J connectivity index is 1.77. The van der Waals surface area contributed by atoms with E-state index in [0.29, 0.717) is 22.0 Å². The van der Waals surface area contributed by atoms with Crippen molar-refractivity contribution in [1.82, 2.24) is 0 Å². The molecule has 0 unspecified atom stereocenters. The number of rotatable bonds is 4. The summed E-state index contributed by atoms with van der Waals surface area (Å²) in [5.41, 5.74) is 1.74. The third-order valence-corrected chi connectivity index (χ3v) is 4.08. The monoisotopic (exact) mass is 342 g/mol. The van der Waals surface area contributed by atoms with Crippen LogP contribution in [0.25, 0.3) is 0 Å². The van der Waals surface area contributed by atoms with E-state index in [1.54, 1.807) is 48.5 Å². The van der Waals surface area contributed by atoms with Crippen LogP contribution in [0.1, 0.15) is 23.7 Å². The smallest absolute Gasteiger partial charge is 0.256 e. The Labute approximate surface area is 144 Å². The SMILES string of the molecule is CC(=O)c1ccc(N[C@@H]2CC(=O)N(c3cccc(Cl)c3)C2=O)cc1. The number of amides is 2. The summed E-state index contributed by atoms with van der Waals surface area (Å²) >= 11 is 5.93. The maximum atomic E-state index is 12.6. The molecule has 1 atom stereocenters. The van der Waals surface area contributed by atoms with Gasteiger partial charge in [-0.15, -0.1) is 0 Å². The van der Waals surface area contributed by atoms with Crippen molar-refractivity contribution in [3.63, 3.8) is 0 Å². The van der Waals surface area contributed by atoms with Crippen molar-refractivity contribution in [1.29, 1.82) is 0 Å². The number of hydrogen-bond acceptors (Lipinski definition) is 4. The Bertz CT molecular complexity index is 817. The van der Waals surface area contributed by atoms with Gasteiger partial charge in [0, 0.05) is 16.3 Å². The fraction of sp³-hybridized carbons (Fsp3) is 0.167. The van der Waals surface area contributed by atoms with E-state index >= 15 is 0 Å². The maximum absolute atomic E-state index is 12.6. The Morgan fingerprint density at radius 2 is 1.88 bits per heavy atom. The largest absolute Gasteiger partial charge is 0.373 e. The lowest BCUT2D eigenvalue weighted by atomic mass is 10.1. The fourth-order valence-electron chi connectivity index (χ4n) is 2.63. The topological polar surface area (TPSA) is 66.5 Å². The number of anilines is 2. The number of hydrogen-bond donors (Lipinski definition) is 1. The standard InChI is InChI=1S/C18H15ClN2O3/c1-11(22)12-5-7-14(8-6-12)20-16-10-17(23)21(18(16)24)15-4-2-3-13(19)9-15/h2-9,16,20H,10H2,1H3/t16-/m1/s1. The molecule has 122 valence electrons. The molecule has 3 rings (SSSR count). The predicted octanol–water partition coefficient (Wildman–Crippen LogP) is 3.29. The van der Waals surface area contributed by atoms with E-state index in [1.165, 1.54) is 6.92 Å².